The van der Waals surface area contributed by atoms with Gasteiger partial charge in [0.2, 0.25) is 0 Å². The molecule has 2 aliphatic rings. The third-order valence-corrected chi connectivity index (χ3v) is 9.64. The average molecular weight is 622 g/mol. The van der Waals surface area contributed by atoms with Crippen molar-refractivity contribution in [3.8, 4) is 11.1 Å². The minimum absolute atomic E-state index is 0.0331. The lowest BCUT2D eigenvalue weighted by Gasteiger charge is -2.47. The molecule has 1 spiro atoms. The highest BCUT2D eigenvalue weighted by Crippen LogP contribution is 2.49. The molecule has 1 aliphatic heterocycles. The molecule has 3 aromatic carbocycles. The Balaban J connectivity index is 1.44. The van der Waals surface area contributed by atoms with E-state index in [9.17, 15) is 9.59 Å². The van der Waals surface area contributed by atoms with Crippen LogP contribution in [0.2, 0.25) is 0 Å². The van der Waals surface area contributed by atoms with E-state index < -0.39 is 5.66 Å². The average Bonchev–Trinajstić information content (AvgIpc) is 3.31. The van der Waals surface area contributed by atoms with Crippen molar-refractivity contribution in [1.29, 1.82) is 0 Å². The van der Waals surface area contributed by atoms with Crippen LogP contribution in [0, 0.1) is 18.3 Å². The summed E-state index contributed by atoms with van der Waals surface area (Å²) in [6, 6.07) is 23.9. The molecule has 3 aromatic rings. The Morgan fingerprint density at radius 3 is 2.09 bits per heavy atom. The second-order valence-electron chi connectivity index (χ2n) is 13.7. The van der Waals surface area contributed by atoms with Crippen LogP contribution in [-0.4, -0.2) is 40.5 Å². The molecular weight excluding hydrogens is 574 g/mol. The van der Waals surface area contributed by atoms with Crippen LogP contribution in [0.5, 0.6) is 0 Å². The van der Waals surface area contributed by atoms with Gasteiger partial charge < -0.3 is 16.0 Å². The molecule has 9 nitrogen and oxygen atoms in total. The smallest absolute Gasteiger partial charge is 0.275 e. The van der Waals surface area contributed by atoms with Crippen molar-refractivity contribution in [2.24, 2.45) is 33.0 Å². The molecule has 0 aromatic heterocycles. The zero-order valence-electron chi connectivity index (χ0n) is 27.6. The Kier molecular flexibility index (Phi) is 9.63. The van der Waals surface area contributed by atoms with E-state index in [1.807, 2.05) is 24.3 Å². The molecule has 0 saturated heterocycles. The summed E-state index contributed by atoms with van der Waals surface area (Å²) in [6.45, 7) is 11.2. The number of nitrogens with two attached hydrogens (primary N) is 2. The van der Waals surface area contributed by atoms with E-state index >= 15 is 0 Å². The topological polar surface area (TPSA) is 138 Å². The van der Waals surface area contributed by atoms with Crippen LogP contribution < -0.4 is 22.4 Å². The van der Waals surface area contributed by atoms with Gasteiger partial charge in [0.1, 0.15) is 17.2 Å². The molecule has 9 heteroatoms. The molecule has 5 rings (SSSR count). The van der Waals surface area contributed by atoms with Gasteiger partial charge >= 0.3 is 0 Å². The number of aliphatic imine (C=N–C) groups is 1. The van der Waals surface area contributed by atoms with E-state index in [0.29, 0.717) is 17.2 Å². The van der Waals surface area contributed by atoms with Gasteiger partial charge in [0, 0.05) is 11.1 Å². The maximum atomic E-state index is 14.5. The predicted octanol–water partition coefficient (Wildman–Crippen LogP) is 5.84. The lowest BCUT2D eigenvalue weighted by Crippen LogP contribution is -2.51. The molecular formula is C37H47N7O2. The van der Waals surface area contributed by atoms with E-state index in [4.69, 9.17) is 16.6 Å². The summed E-state index contributed by atoms with van der Waals surface area (Å²) in [5, 5.41) is 6.40. The number of aryl methyl sites for hydroxylation is 1. The van der Waals surface area contributed by atoms with Gasteiger partial charge in [-0.15, -0.1) is 0 Å². The fraction of sp³-hybridized carbons (Fsp3) is 0.405. The number of amides is 2. The second kappa shape index (κ2) is 13.5. The SMILES string of the molecule is CC[C@H](c1ccc(C(=O)NCC(N)=NNN)cc1)N1C(=O)C(c2ccc(-c3ccc(C)cc3)cc2)=NC12CCC(C(C)(C)C)CC2. The first-order chi connectivity index (χ1) is 22.0. The van der Waals surface area contributed by atoms with Crippen molar-refractivity contribution in [2.75, 3.05) is 6.54 Å². The van der Waals surface area contributed by atoms with Gasteiger partial charge in [-0.2, -0.15) is 5.10 Å². The van der Waals surface area contributed by atoms with Gasteiger partial charge in [-0.25, -0.2) is 11.4 Å². The highest BCUT2D eigenvalue weighted by Gasteiger charge is 2.52. The number of nitrogens with zero attached hydrogens (tertiary/aromatic N) is 3. The zero-order valence-corrected chi connectivity index (χ0v) is 27.6. The summed E-state index contributed by atoms with van der Waals surface area (Å²) in [5.74, 6) is 5.58. The van der Waals surface area contributed by atoms with E-state index in [2.05, 4.69) is 91.9 Å². The van der Waals surface area contributed by atoms with Crippen LogP contribution in [0.4, 0.5) is 0 Å². The number of benzene rings is 3. The van der Waals surface area contributed by atoms with Crippen LogP contribution >= 0.6 is 0 Å². The summed E-state index contributed by atoms with van der Waals surface area (Å²) in [4.78, 5) is 34.6. The van der Waals surface area contributed by atoms with Crippen molar-refractivity contribution in [1.82, 2.24) is 15.8 Å². The molecule has 6 N–H and O–H groups in total. The van der Waals surface area contributed by atoms with Crippen molar-refractivity contribution < 1.29 is 9.59 Å². The molecule has 46 heavy (non-hydrogen) atoms. The number of hydrazine groups is 1. The van der Waals surface area contributed by atoms with Crippen LogP contribution in [0.3, 0.4) is 0 Å². The van der Waals surface area contributed by atoms with Crippen molar-refractivity contribution in [3.05, 3.63) is 95.1 Å². The Bertz CT molecular complexity index is 1600. The molecule has 1 atom stereocenters. The number of carbonyl (C=O) groups excluding carboxylic acids is 2. The number of carbonyl (C=O) groups is 2. The van der Waals surface area contributed by atoms with Crippen LogP contribution in [0.1, 0.15) is 92.9 Å². The van der Waals surface area contributed by atoms with Crippen molar-refractivity contribution >= 4 is 23.4 Å². The van der Waals surface area contributed by atoms with E-state index in [0.717, 1.165) is 54.4 Å². The lowest BCUT2D eigenvalue weighted by molar-refractivity contribution is -0.133. The molecule has 242 valence electrons. The fourth-order valence-electron chi connectivity index (χ4n) is 6.92. The highest BCUT2D eigenvalue weighted by molar-refractivity contribution is 6.46. The standard InChI is InChI=1S/C37H47N7O2/c1-6-31(27-13-17-29(18-14-27)34(45)40-23-32(38)42-43-39)44-35(46)33(41-37(44)21-19-30(20-22-37)36(3,4)5)28-15-11-26(12-16-28)25-9-7-24(2)8-10-25/h7-18,30-31,43H,6,19-23,39H2,1-5H3,(H2,38,42)(H,40,45)/t30?,31-,37?/m1/s1. The summed E-state index contributed by atoms with van der Waals surface area (Å²) in [5.41, 5.74) is 13.7. The third-order valence-electron chi connectivity index (χ3n) is 9.64. The van der Waals surface area contributed by atoms with Crippen LogP contribution in [0.25, 0.3) is 11.1 Å². The Labute approximate surface area is 272 Å². The number of hydrazone groups is 1. The number of hydrogen-bond acceptors (Lipinski definition) is 6. The molecule has 1 heterocycles. The minimum Gasteiger partial charge on any atom is -0.384 e. The minimum atomic E-state index is -0.603. The highest BCUT2D eigenvalue weighted by atomic mass is 16.2. The van der Waals surface area contributed by atoms with Crippen LogP contribution in [0.15, 0.2) is 82.9 Å². The molecule has 1 fully saturated rings. The first-order valence-electron chi connectivity index (χ1n) is 16.2. The molecule has 0 bridgehead atoms. The Morgan fingerprint density at radius 2 is 1.54 bits per heavy atom. The third kappa shape index (κ3) is 6.84. The number of nitrogens with one attached hydrogen (secondary N) is 2. The summed E-state index contributed by atoms with van der Waals surface area (Å²) < 4.78 is 0. The van der Waals surface area contributed by atoms with Gasteiger partial charge in [-0.1, -0.05) is 93.9 Å². The predicted molar refractivity (Wildman–Crippen MR) is 185 cm³/mol. The maximum Gasteiger partial charge on any atom is 0.275 e. The normalized spacial score (nSPS) is 20.9. The van der Waals surface area contributed by atoms with E-state index in [1.165, 1.54) is 5.56 Å². The van der Waals surface area contributed by atoms with Gasteiger partial charge in [0.15, 0.2) is 0 Å². The van der Waals surface area contributed by atoms with Crippen LogP contribution in [-0.2, 0) is 4.79 Å². The van der Waals surface area contributed by atoms with E-state index in [1.54, 1.807) is 12.1 Å². The molecule has 2 amide bonds. The lowest BCUT2D eigenvalue weighted by atomic mass is 9.69. The Morgan fingerprint density at radius 1 is 0.978 bits per heavy atom. The summed E-state index contributed by atoms with van der Waals surface area (Å²) in [7, 11) is 0. The number of rotatable bonds is 9. The van der Waals surface area contributed by atoms with E-state index in [-0.39, 0.29) is 35.7 Å². The molecule has 0 unspecified atom stereocenters. The largest absolute Gasteiger partial charge is 0.384 e. The summed E-state index contributed by atoms with van der Waals surface area (Å²) >= 11 is 0. The van der Waals surface area contributed by atoms with Gasteiger partial charge in [0.05, 0.1) is 12.6 Å². The van der Waals surface area contributed by atoms with Gasteiger partial charge in [-0.3, -0.25) is 14.6 Å². The first kappa shape index (κ1) is 32.9. The monoisotopic (exact) mass is 621 g/mol. The molecule has 1 aliphatic carbocycles. The number of amidine groups is 1. The quantitative estimate of drug-likeness (QED) is 0.103. The Hall–Kier alpha value is -4.50. The molecule has 0 radical (unpaired) electrons. The van der Waals surface area contributed by atoms with Crippen molar-refractivity contribution in [2.45, 2.75) is 78.4 Å². The number of hydrogen-bond donors (Lipinski definition) is 4. The van der Waals surface area contributed by atoms with Gasteiger partial charge in [-0.05, 0) is 79.2 Å². The zero-order chi connectivity index (χ0) is 33.1. The van der Waals surface area contributed by atoms with Gasteiger partial charge in [0.25, 0.3) is 11.8 Å². The first-order valence-corrected chi connectivity index (χ1v) is 16.2. The second-order valence-corrected chi connectivity index (χ2v) is 13.7. The fourth-order valence-corrected chi connectivity index (χ4v) is 6.92. The molecule has 1 saturated carbocycles. The summed E-state index contributed by atoms with van der Waals surface area (Å²) in [6.07, 6.45) is 4.39. The maximum absolute atomic E-state index is 14.5. The van der Waals surface area contributed by atoms with Crippen molar-refractivity contribution in [3.63, 3.8) is 0 Å².